The fourth-order valence-corrected chi connectivity index (χ4v) is 2.60. The lowest BCUT2D eigenvalue weighted by molar-refractivity contribution is 0.326. The maximum Gasteiger partial charge on any atom is 0.127 e. The Morgan fingerprint density at radius 1 is 1.05 bits per heavy atom. The number of rotatable bonds is 4. The SMILES string of the molecule is NC1CCN(Cc2cccc(Oc3ccccc3)c2)C1. The largest absolute Gasteiger partial charge is 0.457 e. The van der Waals surface area contributed by atoms with Gasteiger partial charge in [-0.2, -0.15) is 0 Å². The molecule has 0 amide bonds. The van der Waals surface area contributed by atoms with Crippen molar-refractivity contribution in [3.05, 3.63) is 60.2 Å². The van der Waals surface area contributed by atoms with Gasteiger partial charge in [-0.3, -0.25) is 4.90 Å². The zero-order valence-corrected chi connectivity index (χ0v) is 11.5. The van der Waals surface area contributed by atoms with Gasteiger partial charge in [-0.15, -0.1) is 0 Å². The number of para-hydroxylation sites is 1. The second kappa shape index (κ2) is 6.07. The van der Waals surface area contributed by atoms with E-state index >= 15 is 0 Å². The van der Waals surface area contributed by atoms with E-state index in [0.717, 1.165) is 37.6 Å². The van der Waals surface area contributed by atoms with E-state index in [1.54, 1.807) is 0 Å². The molecule has 104 valence electrons. The van der Waals surface area contributed by atoms with Crippen molar-refractivity contribution >= 4 is 0 Å². The van der Waals surface area contributed by atoms with Crippen LogP contribution in [0.25, 0.3) is 0 Å². The highest BCUT2D eigenvalue weighted by atomic mass is 16.5. The van der Waals surface area contributed by atoms with Gasteiger partial charge in [0.15, 0.2) is 0 Å². The monoisotopic (exact) mass is 268 g/mol. The van der Waals surface area contributed by atoms with E-state index in [1.807, 2.05) is 42.5 Å². The van der Waals surface area contributed by atoms with Crippen molar-refractivity contribution in [2.24, 2.45) is 5.73 Å². The number of ether oxygens (including phenoxy) is 1. The summed E-state index contributed by atoms with van der Waals surface area (Å²) in [6.45, 7) is 3.02. The second-order valence-electron chi connectivity index (χ2n) is 5.35. The fourth-order valence-electron chi connectivity index (χ4n) is 2.60. The molecule has 1 heterocycles. The van der Waals surface area contributed by atoms with Crippen LogP contribution >= 0.6 is 0 Å². The van der Waals surface area contributed by atoms with Crippen molar-refractivity contribution in [2.45, 2.75) is 19.0 Å². The third-order valence-corrected chi connectivity index (χ3v) is 3.59. The molecule has 1 unspecified atom stereocenters. The molecule has 0 radical (unpaired) electrons. The zero-order valence-electron chi connectivity index (χ0n) is 11.5. The highest BCUT2D eigenvalue weighted by Crippen LogP contribution is 2.23. The number of nitrogens with two attached hydrogens (primary N) is 1. The van der Waals surface area contributed by atoms with Gasteiger partial charge in [0.1, 0.15) is 11.5 Å². The van der Waals surface area contributed by atoms with Gasteiger partial charge in [-0.1, -0.05) is 30.3 Å². The molecule has 20 heavy (non-hydrogen) atoms. The Morgan fingerprint density at radius 2 is 1.85 bits per heavy atom. The molecule has 1 saturated heterocycles. The first kappa shape index (κ1) is 13.2. The van der Waals surface area contributed by atoms with Gasteiger partial charge in [-0.25, -0.2) is 0 Å². The standard InChI is InChI=1S/C17H20N2O/c18-15-9-10-19(13-15)12-14-5-4-8-17(11-14)20-16-6-2-1-3-7-16/h1-8,11,15H,9-10,12-13,18H2. The second-order valence-corrected chi connectivity index (χ2v) is 5.35. The topological polar surface area (TPSA) is 38.5 Å². The molecule has 2 aromatic rings. The molecule has 1 fully saturated rings. The van der Waals surface area contributed by atoms with Crippen LogP contribution in [0.5, 0.6) is 11.5 Å². The van der Waals surface area contributed by atoms with Crippen molar-refractivity contribution in [2.75, 3.05) is 13.1 Å². The number of benzene rings is 2. The summed E-state index contributed by atoms with van der Waals surface area (Å²) in [4.78, 5) is 2.40. The van der Waals surface area contributed by atoms with E-state index in [-0.39, 0.29) is 0 Å². The molecule has 0 saturated carbocycles. The average molecular weight is 268 g/mol. The molecular weight excluding hydrogens is 248 g/mol. The Bertz CT molecular complexity index is 556. The van der Waals surface area contributed by atoms with Gasteiger partial charge in [0.2, 0.25) is 0 Å². The minimum absolute atomic E-state index is 0.332. The van der Waals surface area contributed by atoms with Crippen LogP contribution in [-0.4, -0.2) is 24.0 Å². The first-order valence-corrected chi connectivity index (χ1v) is 7.09. The average Bonchev–Trinajstić information content (AvgIpc) is 2.86. The Balaban J connectivity index is 1.67. The molecule has 2 aromatic carbocycles. The molecule has 3 rings (SSSR count). The lowest BCUT2D eigenvalue weighted by Crippen LogP contribution is -2.26. The minimum Gasteiger partial charge on any atom is -0.457 e. The molecule has 0 bridgehead atoms. The van der Waals surface area contributed by atoms with E-state index in [0.29, 0.717) is 6.04 Å². The van der Waals surface area contributed by atoms with Crippen LogP contribution in [0.1, 0.15) is 12.0 Å². The van der Waals surface area contributed by atoms with Crippen LogP contribution in [0.15, 0.2) is 54.6 Å². The van der Waals surface area contributed by atoms with Gasteiger partial charge in [0.05, 0.1) is 0 Å². The lowest BCUT2D eigenvalue weighted by atomic mass is 10.2. The first-order chi connectivity index (χ1) is 9.79. The zero-order chi connectivity index (χ0) is 13.8. The highest BCUT2D eigenvalue weighted by molar-refractivity contribution is 5.33. The molecule has 0 aliphatic carbocycles. The van der Waals surface area contributed by atoms with E-state index in [9.17, 15) is 0 Å². The third kappa shape index (κ3) is 3.38. The Labute approximate surface area is 120 Å². The summed E-state index contributed by atoms with van der Waals surface area (Å²) in [5.41, 5.74) is 7.22. The van der Waals surface area contributed by atoms with Crippen LogP contribution in [0.2, 0.25) is 0 Å². The van der Waals surface area contributed by atoms with Gasteiger partial charge < -0.3 is 10.5 Å². The van der Waals surface area contributed by atoms with Crippen molar-refractivity contribution in [3.8, 4) is 11.5 Å². The molecule has 3 nitrogen and oxygen atoms in total. The predicted octanol–water partition coefficient (Wildman–Crippen LogP) is 3.01. The van der Waals surface area contributed by atoms with Crippen LogP contribution in [0.3, 0.4) is 0 Å². The van der Waals surface area contributed by atoms with E-state index in [1.165, 1.54) is 5.56 Å². The minimum atomic E-state index is 0.332. The van der Waals surface area contributed by atoms with E-state index < -0.39 is 0 Å². The molecule has 0 spiro atoms. The summed E-state index contributed by atoms with van der Waals surface area (Å²) in [5.74, 6) is 1.75. The maximum atomic E-state index is 5.94. The summed E-state index contributed by atoms with van der Waals surface area (Å²) in [6, 6.07) is 18.5. The van der Waals surface area contributed by atoms with Crippen molar-refractivity contribution in [3.63, 3.8) is 0 Å². The quantitative estimate of drug-likeness (QED) is 0.926. The Morgan fingerprint density at radius 3 is 2.60 bits per heavy atom. The summed E-state index contributed by atoms with van der Waals surface area (Å²) in [6.07, 6.45) is 1.10. The summed E-state index contributed by atoms with van der Waals surface area (Å²) in [5, 5.41) is 0. The predicted molar refractivity (Wildman–Crippen MR) is 80.8 cm³/mol. The number of hydrogen-bond donors (Lipinski definition) is 1. The molecule has 3 heteroatoms. The molecule has 1 aliphatic heterocycles. The van der Waals surface area contributed by atoms with Gasteiger partial charge in [0.25, 0.3) is 0 Å². The van der Waals surface area contributed by atoms with Crippen molar-refractivity contribution < 1.29 is 4.74 Å². The van der Waals surface area contributed by atoms with Gasteiger partial charge in [0, 0.05) is 25.7 Å². The Hall–Kier alpha value is -1.84. The van der Waals surface area contributed by atoms with Crippen molar-refractivity contribution in [1.82, 2.24) is 4.90 Å². The summed E-state index contributed by atoms with van der Waals surface area (Å²) >= 11 is 0. The molecule has 2 N–H and O–H groups in total. The summed E-state index contributed by atoms with van der Waals surface area (Å²) < 4.78 is 5.86. The van der Waals surface area contributed by atoms with Gasteiger partial charge >= 0.3 is 0 Å². The van der Waals surface area contributed by atoms with E-state index in [4.69, 9.17) is 10.5 Å². The van der Waals surface area contributed by atoms with E-state index in [2.05, 4.69) is 17.0 Å². The lowest BCUT2D eigenvalue weighted by Gasteiger charge is -2.15. The van der Waals surface area contributed by atoms with Crippen LogP contribution in [-0.2, 0) is 6.54 Å². The van der Waals surface area contributed by atoms with Crippen molar-refractivity contribution in [1.29, 1.82) is 0 Å². The number of hydrogen-bond acceptors (Lipinski definition) is 3. The highest BCUT2D eigenvalue weighted by Gasteiger charge is 2.18. The first-order valence-electron chi connectivity index (χ1n) is 7.09. The van der Waals surface area contributed by atoms with Gasteiger partial charge in [-0.05, 0) is 36.2 Å². The number of likely N-dealkylation sites (tertiary alicyclic amines) is 1. The molecule has 0 aromatic heterocycles. The summed E-state index contributed by atoms with van der Waals surface area (Å²) in [7, 11) is 0. The van der Waals surface area contributed by atoms with Crippen LogP contribution < -0.4 is 10.5 Å². The third-order valence-electron chi connectivity index (χ3n) is 3.59. The smallest absolute Gasteiger partial charge is 0.127 e. The molecule has 1 aliphatic rings. The maximum absolute atomic E-state index is 5.94. The molecule has 1 atom stereocenters. The van der Waals surface area contributed by atoms with Crippen LogP contribution in [0, 0.1) is 0 Å². The van der Waals surface area contributed by atoms with Crippen LogP contribution in [0.4, 0.5) is 0 Å². The number of nitrogens with zero attached hydrogens (tertiary/aromatic N) is 1. The Kier molecular flexibility index (Phi) is 4.00. The molecular formula is C17H20N2O. The normalized spacial score (nSPS) is 19.1. The fraction of sp³-hybridized carbons (Fsp3) is 0.294.